The maximum Gasteiger partial charge on any atom is 0.223 e. The minimum Gasteiger partial charge on any atom is -0.393 e. The van der Waals surface area contributed by atoms with Gasteiger partial charge in [0.2, 0.25) is 5.91 Å². The third-order valence-corrected chi connectivity index (χ3v) is 11.8. The number of hydrogen-bond donors (Lipinski definition) is 2. The Morgan fingerprint density at radius 3 is 2.32 bits per heavy atom. The summed E-state index contributed by atoms with van der Waals surface area (Å²) in [6.07, 6.45) is 12.1. The van der Waals surface area contributed by atoms with Crippen molar-refractivity contribution < 1.29 is 14.7 Å². The molecule has 0 aromatic heterocycles. The Balaban J connectivity index is 1.47. The molecule has 4 nitrogen and oxygen atoms in total. The van der Waals surface area contributed by atoms with Crippen LogP contribution in [0, 0.1) is 58.2 Å². The Morgan fingerprint density at radius 2 is 1.65 bits per heavy atom. The number of amides is 1. The summed E-state index contributed by atoms with van der Waals surface area (Å²) in [6, 6.07) is 0. The molecule has 1 amide bonds. The van der Waals surface area contributed by atoms with Crippen molar-refractivity contribution in [3.63, 3.8) is 0 Å². The maximum absolute atomic E-state index is 12.5. The van der Waals surface area contributed by atoms with E-state index in [-0.39, 0.29) is 30.3 Å². The Kier molecular flexibility index (Phi) is 7.59. The number of ketones is 1. The van der Waals surface area contributed by atoms with E-state index in [0.29, 0.717) is 28.6 Å². The fourth-order valence-corrected chi connectivity index (χ4v) is 10.1. The number of fused-ring (bicyclic) bond motifs is 5. The number of aliphatic hydroxyl groups is 1. The van der Waals surface area contributed by atoms with Gasteiger partial charge in [0.25, 0.3) is 0 Å². The van der Waals surface area contributed by atoms with E-state index in [1.165, 1.54) is 51.9 Å². The van der Waals surface area contributed by atoms with Crippen LogP contribution in [0.5, 0.6) is 0 Å². The standard InChI is InChI=1S/C30H51NO3/c1-7-21-15-23-25-9-8-24(18(2)14-19(3)28(34)31-17-20(4)32)29(25,5)13-11-26(23)30(6)12-10-22(33)16-27(21)30/h18-19,21-27,33H,7-17H2,1-6H3,(H,31,34)/t18-,19+,21+,22-,23?,24-,25?,26?,27?,29-,30-/m1/s1. The summed E-state index contributed by atoms with van der Waals surface area (Å²) in [5.74, 6) is 5.19. The van der Waals surface area contributed by atoms with E-state index in [1.807, 2.05) is 6.92 Å². The summed E-state index contributed by atoms with van der Waals surface area (Å²) in [5.41, 5.74) is 0.809. The zero-order valence-electron chi connectivity index (χ0n) is 22.7. The van der Waals surface area contributed by atoms with Crippen molar-refractivity contribution >= 4 is 11.7 Å². The van der Waals surface area contributed by atoms with Crippen LogP contribution in [0.1, 0.15) is 106 Å². The molecule has 2 N–H and O–H groups in total. The molecule has 4 saturated carbocycles. The number of hydrogen-bond acceptors (Lipinski definition) is 3. The summed E-state index contributed by atoms with van der Waals surface area (Å²) in [6.45, 7) is 13.7. The monoisotopic (exact) mass is 473 g/mol. The molecular weight excluding hydrogens is 422 g/mol. The number of rotatable bonds is 7. The second kappa shape index (κ2) is 9.87. The van der Waals surface area contributed by atoms with E-state index in [2.05, 4.69) is 33.0 Å². The predicted molar refractivity (Wildman–Crippen MR) is 137 cm³/mol. The first kappa shape index (κ1) is 26.2. The van der Waals surface area contributed by atoms with Gasteiger partial charge in [-0.1, -0.05) is 41.0 Å². The van der Waals surface area contributed by atoms with Crippen LogP contribution in [0.25, 0.3) is 0 Å². The van der Waals surface area contributed by atoms with Gasteiger partial charge in [0.15, 0.2) is 0 Å². The lowest BCUT2D eigenvalue weighted by atomic mass is 9.42. The lowest BCUT2D eigenvalue weighted by molar-refractivity contribution is -0.153. The zero-order valence-corrected chi connectivity index (χ0v) is 22.7. The van der Waals surface area contributed by atoms with Gasteiger partial charge in [-0.15, -0.1) is 0 Å². The summed E-state index contributed by atoms with van der Waals surface area (Å²) in [7, 11) is 0. The Bertz CT molecular complexity index is 766. The molecule has 4 unspecified atom stereocenters. The highest BCUT2D eigenvalue weighted by Crippen LogP contribution is 2.69. The molecule has 194 valence electrons. The molecule has 0 aromatic rings. The molecule has 34 heavy (non-hydrogen) atoms. The van der Waals surface area contributed by atoms with Crippen molar-refractivity contribution in [1.29, 1.82) is 0 Å². The molecule has 4 fully saturated rings. The van der Waals surface area contributed by atoms with Crippen LogP contribution in [0.15, 0.2) is 0 Å². The van der Waals surface area contributed by atoms with Crippen molar-refractivity contribution in [3.8, 4) is 0 Å². The van der Waals surface area contributed by atoms with Crippen LogP contribution in [0.3, 0.4) is 0 Å². The van der Waals surface area contributed by atoms with Gasteiger partial charge in [-0.3, -0.25) is 9.59 Å². The smallest absolute Gasteiger partial charge is 0.223 e. The van der Waals surface area contributed by atoms with Crippen molar-refractivity contribution in [1.82, 2.24) is 5.32 Å². The average molecular weight is 474 g/mol. The number of carbonyl (C=O) groups excluding carboxylic acids is 2. The number of carbonyl (C=O) groups is 2. The largest absolute Gasteiger partial charge is 0.393 e. The number of Topliss-reactive ketones (excluding diaryl/α,β-unsaturated/α-hetero) is 1. The van der Waals surface area contributed by atoms with E-state index in [1.54, 1.807) is 0 Å². The van der Waals surface area contributed by atoms with Gasteiger partial charge in [-0.2, -0.15) is 0 Å². The topological polar surface area (TPSA) is 66.4 Å². The summed E-state index contributed by atoms with van der Waals surface area (Å²) < 4.78 is 0. The Labute approximate surface area is 208 Å². The maximum atomic E-state index is 12.5. The fourth-order valence-electron chi connectivity index (χ4n) is 10.1. The summed E-state index contributed by atoms with van der Waals surface area (Å²) >= 11 is 0. The minimum absolute atomic E-state index is 0.0118. The van der Waals surface area contributed by atoms with Gasteiger partial charge in [0, 0.05) is 5.92 Å². The number of aliphatic hydroxyl groups excluding tert-OH is 1. The molecule has 0 bridgehead atoms. The minimum atomic E-state index is -0.0797. The van der Waals surface area contributed by atoms with Gasteiger partial charge in [0.1, 0.15) is 5.78 Å². The van der Waals surface area contributed by atoms with Gasteiger partial charge in [0.05, 0.1) is 12.6 Å². The highest BCUT2D eigenvalue weighted by molar-refractivity contribution is 5.85. The molecule has 0 aliphatic heterocycles. The number of nitrogens with one attached hydrogen (secondary N) is 1. The molecule has 4 rings (SSSR count). The second-order valence-corrected chi connectivity index (χ2v) is 13.6. The van der Waals surface area contributed by atoms with Crippen LogP contribution < -0.4 is 5.32 Å². The van der Waals surface area contributed by atoms with Gasteiger partial charge in [-0.05, 0) is 117 Å². The van der Waals surface area contributed by atoms with Crippen LogP contribution in [0.4, 0.5) is 0 Å². The summed E-state index contributed by atoms with van der Waals surface area (Å²) in [5, 5.41) is 13.3. The predicted octanol–water partition coefficient (Wildman–Crippen LogP) is 6.01. The van der Waals surface area contributed by atoms with Gasteiger partial charge >= 0.3 is 0 Å². The molecule has 11 atom stereocenters. The van der Waals surface area contributed by atoms with Gasteiger partial charge < -0.3 is 10.4 Å². The van der Waals surface area contributed by atoms with E-state index in [4.69, 9.17) is 0 Å². The normalized spacial score (nSPS) is 45.4. The first-order chi connectivity index (χ1) is 16.0. The van der Waals surface area contributed by atoms with Crippen LogP contribution in [-0.2, 0) is 9.59 Å². The molecule has 0 spiro atoms. The zero-order chi connectivity index (χ0) is 24.8. The molecule has 0 heterocycles. The van der Waals surface area contributed by atoms with E-state index < -0.39 is 0 Å². The third-order valence-electron chi connectivity index (χ3n) is 11.8. The van der Waals surface area contributed by atoms with Crippen LogP contribution in [-0.4, -0.2) is 29.4 Å². The Morgan fingerprint density at radius 1 is 0.971 bits per heavy atom. The van der Waals surface area contributed by atoms with Gasteiger partial charge in [-0.25, -0.2) is 0 Å². The fraction of sp³-hybridized carbons (Fsp3) is 0.933. The van der Waals surface area contributed by atoms with E-state index >= 15 is 0 Å². The quantitative estimate of drug-likeness (QED) is 0.476. The van der Waals surface area contributed by atoms with E-state index in [0.717, 1.165) is 42.9 Å². The van der Waals surface area contributed by atoms with Crippen molar-refractivity contribution in [2.24, 2.45) is 58.2 Å². The summed E-state index contributed by atoms with van der Waals surface area (Å²) in [4.78, 5) is 23.8. The lowest BCUT2D eigenvalue weighted by Crippen LogP contribution is -2.56. The van der Waals surface area contributed by atoms with Crippen LogP contribution in [0.2, 0.25) is 0 Å². The second-order valence-electron chi connectivity index (χ2n) is 13.6. The SMILES string of the molecule is CC[C@H]1CC2C(CC[C@@]3(C)C2CC[C@@H]3[C@H](C)C[C@H](C)C(=O)NCC(C)=O)[C@@]2(C)CC[C@@H](O)CC12. The molecule has 0 saturated heterocycles. The van der Waals surface area contributed by atoms with Crippen LogP contribution >= 0.6 is 0 Å². The molecule has 0 radical (unpaired) electrons. The molecular formula is C30H51NO3. The molecule has 0 aromatic carbocycles. The average Bonchev–Trinajstić information content (AvgIpc) is 3.14. The lowest BCUT2D eigenvalue weighted by Gasteiger charge is -2.63. The first-order valence-electron chi connectivity index (χ1n) is 14.5. The Hall–Kier alpha value is -0.900. The third kappa shape index (κ3) is 4.50. The highest BCUT2D eigenvalue weighted by Gasteiger charge is 2.62. The molecule has 4 aliphatic rings. The highest BCUT2D eigenvalue weighted by atomic mass is 16.3. The van der Waals surface area contributed by atoms with Crippen molar-refractivity contribution in [2.45, 2.75) is 112 Å². The van der Waals surface area contributed by atoms with E-state index in [9.17, 15) is 14.7 Å². The molecule has 4 heteroatoms. The molecule has 4 aliphatic carbocycles. The van der Waals surface area contributed by atoms with Crippen molar-refractivity contribution in [2.75, 3.05) is 6.54 Å². The first-order valence-corrected chi connectivity index (χ1v) is 14.5. The van der Waals surface area contributed by atoms with Crippen molar-refractivity contribution in [3.05, 3.63) is 0 Å².